The number of amides is 1. The molecule has 1 heterocycles. The van der Waals surface area contributed by atoms with Crippen molar-refractivity contribution in [2.45, 2.75) is 50.1 Å². The van der Waals surface area contributed by atoms with Gasteiger partial charge in [0.1, 0.15) is 0 Å². The number of carbonyl (C=O) groups excluding carboxylic acids is 1. The van der Waals surface area contributed by atoms with Crippen LogP contribution >= 0.6 is 0 Å². The lowest BCUT2D eigenvalue weighted by Gasteiger charge is -2.15. The monoisotopic (exact) mass is 339 g/mol. The number of nitrogens with two attached hydrogens (primary N) is 1. The lowest BCUT2D eigenvalue weighted by Crippen LogP contribution is -2.28. The zero-order chi connectivity index (χ0) is 16.9. The molecule has 1 atom stereocenters. The first kappa shape index (κ1) is 17.9. The van der Waals surface area contributed by atoms with Crippen molar-refractivity contribution in [3.63, 3.8) is 0 Å². The van der Waals surface area contributed by atoms with Crippen molar-refractivity contribution in [3.05, 3.63) is 29.8 Å². The highest BCUT2D eigenvalue weighted by molar-refractivity contribution is 7.89. The van der Waals surface area contributed by atoms with E-state index in [1.54, 1.807) is 24.3 Å². The summed E-state index contributed by atoms with van der Waals surface area (Å²) in [5, 5.41) is 2.81. The van der Waals surface area contributed by atoms with E-state index in [0.717, 1.165) is 18.4 Å². The summed E-state index contributed by atoms with van der Waals surface area (Å²) in [5.74, 6) is -0.0453. The Morgan fingerprint density at radius 2 is 1.87 bits per heavy atom. The van der Waals surface area contributed by atoms with Gasteiger partial charge in [-0.2, -0.15) is 4.31 Å². The van der Waals surface area contributed by atoms with Gasteiger partial charge in [-0.1, -0.05) is 12.1 Å². The van der Waals surface area contributed by atoms with Crippen molar-refractivity contribution < 1.29 is 13.2 Å². The zero-order valence-electron chi connectivity index (χ0n) is 13.5. The average molecular weight is 339 g/mol. The van der Waals surface area contributed by atoms with Crippen molar-refractivity contribution in [2.75, 3.05) is 13.1 Å². The molecule has 0 bridgehead atoms. The van der Waals surface area contributed by atoms with E-state index in [0.29, 0.717) is 37.4 Å². The maximum Gasteiger partial charge on any atom is 0.243 e. The number of hydrogen-bond donors (Lipinski definition) is 2. The van der Waals surface area contributed by atoms with Crippen molar-refractivity contribution in [1.29, 1.82) is 0 Å². The highest BCUT2D eigenvalue weighted by Gasteiger charge is 2.26. The van der Waals surface area contributed by atoms with Gasteiger partial charge >= 0.3 is 0 Å². The quantitative estimate of drug-likeness (QED) is 0.781. The van der Waals surface area contributed by atoms with Crippen LogP contribution in [0.1, 0.15) is 38.2 Å². The number of benzene rings is 1. The first-order chi connectivity index (χ1) is 10.9. The SMILES string of the molecule is CC(N)CCC(=O)NCc1ccc(S(=O)(=O)N2CCCC2)cc1. The number of carbonyl (C=O) groups is 1. The Labute approximate surface area is 138 Å². The summed E-state index contributed by atoms with van der Waals surface area (Å²) < 4.78 is 26.3. The lowest BCUT2D eigenvalue weighted by molar-refractivity contribution is -0.121. The van der Waals surface area contributed by atoms with Gasteiger partial charge in [0.2, 0.25) is 15.9 Å². The highest BCUT2D eigenvalue weighted by atomic mass is 32.2. The maximum atomic E-state index is 12.4. The minimum atomic E-state index is -3.37. The van der Waals surface area contributed by atoms with E-state index in [9.17, 15) is 13.2 Å². The summed E-state index contributed by atoms with van der Waals surface area (Å²) in [6.07, 6.45) is 2.90. The summed E-state index contributed by atoms with van der Waals surface area (Å²) in [6.45, 7) is 3.45. The minimum absolute atomic E-state index is 0.0100. The number of sulfonamides is 1. The van der Waals surface area contributed by atoms with Crippen LogP contribution in [0.2, 0.25) is 0 Å². The fourth-order valence-electron chi connectivity index (χ4n) is 2.50. The standard InChI is InChI=1S/C16H25N3O3S/c1-13(17)4-9-16(20)18-12-14-5-7-15(8-6-14)23(21,22)19-10-2-3-11-19/h5-8,13H,2-4,9-12,17H2,1H3,(H,18,20). The molecule has 1 saturated heterocycles. The first-order valence-corrected chi connectivity index (χ1v) is 9.45. The Bertz CT molecular complexity index is 620. The topological polar surface area (TPSA) is 92.5 Å². The van der Waals surface area contributed by atoms with Crippen molar-refractivity contribution in [1.82, 2.24) is 9.62 Å². The van der Waals surface area contributed by atoms with Gasteiger partial charge < -0.3 is 11.1 Å². The summed E-state index contributed by atoms with van der Waals surface area (Å²) in [5.41, 5.74) is 6.49. The lowest BCUT2D eigenvalue weighted by atomic mass is 10.2. The molecule has 0 radical (unpaired) electrons. The molecule has 7 heteroatoms. The Kier molecular flexibility index (Phi) is 6.15. The Morgan fingerprint density at radius 3 is 2.43 bits per heavy atom. The number of nitrogens with one attached hydrogen (secondary N) is 1. The normalized spacial score (nSPS) is 17.1. The third-order valence-electron chi connectivity index (χ3n) is 3.94. The molecule has 1 aromatic carbocycles. The van der Waals surface area contributed by atoms with Gasteiger partial charge in [-0.15, -0.1) is 0 Å². The van der Waals surface area contributed by atoms with Crippen LogP contribution in [0.5, 0.6) is 0 Å². The summed E-state index contributed by atoms with van der Waals surface area (Å²) in [4.78, 5) is 12.0. The second kappa shape index (κ2) is 7.90. The van der Waals surface area contributed by atoms with E-state index in [4.69, 9.17) is 5.73 Å². The van der Waals surface area contributed by atoms with Crippen LogP contribution in [0.15, 0.2) is 29.2 Å². The fourth-order valence-corrected chi connectivity index (χ4v) is 4.02. The van der Waals surface area contributed by atoms with E-state index >= 15 is 0 Å². The number of rotatable bonds is 7. The van der Waals surface area contributed by atoms with Crippen LogP contribution in [0.3, 0.4) is 0 Å². The molecule has 1 aliphatic rings. The number of nitrogens with zero attached hydrogens (tertiary/aromatic N) is 1. The molecule has 1 amide bonds. The first-order valence-electron chi connectivity index (χ1n) is 8.01. The Balaban J connectivity index is 1.90. The molecule has 1 aliphatic heterocycles. The zero-order valence-corrected chi connectivity index (χ0v) is 14.3. The maximum absolute atomic E-state index is 12.4. The van der Waals surface area contributed by atoms with Crippen LogP contribution in [0, 0.1) is 0 Å². The fraction of sp³-hybridized carbons (Fsp3) is 0.562. The van der Waals surface area contributed by atoms with Crippen LogP contribution in [-0.2, 0) is 21.4 Å². The van der Waals surface area contributed by atoms with E-state index < -0.39 is 10.0 Å². The van der Waals surface area contributed by atoms with Gasteiger partial charge in [-0.3, -0.25) is 4.79 Å². The molecular formula is C16H25N3O3S. The molecule has 3 N–H and O–H groups in total. The molecule has 6 nitrogen and oxygen atoms in total. The minimum Gasteiger partial charge on any atom is -0.352 e. The molecule has 0 saturated carbocycles. The van der Waals surface area contributed by atoms with Gasteiger partial charge in [-0.25, -0.2) is 8.42 Å². The Morgan fingerprint density at radius 1 is 1.26 bits per heavy atom. The third-order valence-corrected chi connectivity index (χ3v) is 5.86. The van der Waals surface area contributed by atoms with Gasteiger partial charge in [0.15, 0.2) is 0 Å². The van der Waals surface area contributed by atoms with Crippen molar-refractivity contribution in [3.8, 4) is 0 Å². The average Bonchev–Trinajstić information content (AvgIpc) is 3.06. The van der Waals surface area contributed by atoms with Crippen LogP contribution in [0.25, 0.3) is 0 Å². The van der Waals surface area contributed by atoms with Gasteiger partial charge in [0.05, 0.1) is 4.90 Å². The third kappa shape index (κ3) is 5.02. The van der Waals surface area contributed by atoms with Crippen molar-refractivity contribution in [2.24, 2.45) is 5.73 Å². The Hall–Kier alpha value is -1.44. The molecule has 0 aliphatic carbocycles. The second-order valence-electron chi connectivity index (χ2n) is 6.05. The number of hydrogen-bond acceptors (Lipinski definition) is 4. The molecule has 2 rings (SSSR count). The van der Waals surface area contributed by atoms with Gasteiger partial charge in [0.25, 0.3) is 0 Å². The van der Waals surface area contributed by atoms with Crippen LogP contribution < -0.4 is 11.1 Å². The highest BCUT2D eigenvalue weighted by Crippen LogP contribution is 2.21. The molecule has 1 aromatic rings. The largest absolute Gasteiger partial charge is 0.352 e. The van der Waals surface area contributed by atoms with Crippen LogP contribution in [0.4, 0.5) is 0 Å². The molecule has 0 aromatic heterocycles. The predicted octanol–water partition coefficient (Wildman–Crippen LogP) is 1.21. The summed E-state index contributed by atoms with van der Waals surface area (Å²) in [6, 6.07) is 6.72. The van der Waals surface area contributed by atoms with E-state index in [1.165, 1.54) is 4.31 Å². The molecule has 1 unspecified atom stereocenters. The smallest absolute Gasteiger partial charge is 0.243 e. The predicted molar refractivity (Wildman–Crippen MR) is 89.2 cm³/mol. The second-order valence-corrected chi connectivity index (χ2v) is 7.99. The van der Waals surface area contributed by atoms with E-state index in [2.05, 4.69) is 5.32 Å². The summed E-state index contributed by atoms with van der Waals surface area (Å²) in [7, 11) is -3.37. The van der Waals surface area contributed by atoms with Gasteiger partial charge in [-0.05, 0) is 43.9 Å². The van der Waals surface area contributed by atoms with Gasteiger partial charge in [0, 0.05) is 32.1 Å². The molecule has 128 valence electrons. The molecule has 23 heavy (non-hydrogen) atoms. The van der Waals surface area contributed by atoms with E-state index in [-0.39, 0.29) is 11.9 Å². The van der Waals surface area contributed by atoms with E-state index in [1.807, 2.05) is 6.92 Å². The molecular weight excluding hydrogens is 314 g/mol. The molecule has 1 fully saturated rings. The van der Waals surface area contributed by atoms with Crippen molar-refractivity contribution >= 4 is 15.9 Å². The molecule has 0 spiro atoms. The summed E-state index contributed by atoms with van der Waals surface area (Å²) >= 11 is 0. The van der Waals surface area contributed by atoms with Crippen LogP contribution in [-0.4, -0.2) is 37.8 Å².